The van der Waals surface area contributed by atoms with E-state index in [1.165, 1.54) is 0 Å². The molecule has 0 saturated heterocycles. The summed E-state index contributed by atoms with van der Waals surface area (Å²) in [5.41, 5.74) is 8.16. The summed E-state index contributed by atoms with van der Waals surface area (Å²) in [5.74, 6) is 0.233. The average Bonchev–Trinajstić information content (AvgIpc) is 2.74. The molecule has 86 valence electrons. The van der Waals surface area contributed by atoms with Gasteiger partial charge in [0.25, 0.3) is 0 Å². The molecule has 3 N–H and O–H groups in total. The predicted molar refractivity (Wildman–Crippen MR) is 73.4 cm³/mol. The summed E-state index contributed by atoms with van der Waals surface area (Å²) in [4.78, 5) is 0. The number of phenols is 1. The second-order valence-corrected chi connectivity index (χ2v) is 4.88. The molecule has 0 radical (unpaired) electrons. The first-order valence-corrected chi connectivity index (χ1v) is 6.18. The molecule has 0 aliphatic rings. The van der Waals surface area contributed by atoms with Gasteiger partial charge in [-0.25, -0.2) is 0 Å². The second kappa shape index (κ2) is 5.68. The van der Waals surface area contributed by atoms with Gasteiger partial charge in [0.2, 0.25) is 0 Å². The van der Waals surface area contributed by atoms with E-state index >= 15 is 0 Å². The zero-order valence-corrected chi connectivity index (χ0v) is 11.5. The lowest BCUT2D eigenvalue weighted by atomic mass is 10.0. The van der Waals surface area contributed by atoms with Gasteiger partial charge < -0.3 is 10.8 Å². The van der Waals surface area contributed by atoms with E-state index in [2.05, 4.69) is 15.9 Å². The normalized spacial score (nSPS) is 11.9. The Balaban J connectivity index is 0.00000128. The average molecular weight is 321 g/mol. The van der Waals surface area contributed by atoms with Crippen molar-refractivity contribution in [1.29, 1.82) is 0 Å². The predicted octanol–water partition coefficient (Wildman–Crippen LogP) is 3.69. The Hall–Kier alpha value is -0.550. The van der Waals surface area contributed by atoms with Crippen LogP contribution in [0.5, 0.6) is 5.75 Å². The number of hydrogen-bond acceptors (Lipinski definition) is 3. The van der Waals surface area contributed by atoms with Gasteiger partial charge in [-0.1, -0.05) is 6.07 Å². The molecule has 1 heterocycles. The fourth-order valence-corrected chi connectivity index (χ4v) is 2.45. The van der Waals surface area contributed by atoms with Crippen molar-refractivity contribution in [1.82, 2.24) is 0 Å². The van der Waals surface area contributed by atoms with Gasteiger partial charge in [0.1, 0.15) is 5.75 Å². The van der Waals surface area contributed by atoms with Gasteiger partial charge in [0.15, 0.2) is 0 Å². The van der Waals surface area contributed by atoms with Crippen molar-refractivity contribution in [3.63, 3.8) is 0 Å². The zero-order valence-electron chi connectivity index (χ0n) is 8.26. The van der Waals surface area contributed by atoms with E-state index in [0.717, 1.165) is 11.1 Å². The summed E-state index contributed by atoms with van der Waals surface area (Å²) < 4.78 is 0.672. The summed E-state index contributed by atoms with van der Waals surface area (Å²) in [6, 6.07) is 7.20. The van der Waals surface area contributed by atoms with E-state index in [-0.39, 0.29) is 24.2 Å². The van der Waals surface area contributed by atoms with Crippen LogP contribution in [0, 0.1) is 0 Å². The lowest BCUT2D eigenvalue weighted by Gasteiger charge is -2.11. The van der Waals surface area contributed by atoms with Gasteiger partial charge in [-0.3, -0.25) is 0 Å². The molecule has 16 heavy (non-hydrogen) atoms. The van der Waals surface area contributed by atoms with Crippen molar-refractivity contribution < 1.29 is 5.11 Å². The highest BCUT2D eigenvalue weighted by molar-refractivity contribution is 9.10. The minimum atomic E-state index is -0.131. The molecule has 0 bridgehead atoms. The lowest BCUT2D eigenvalue weighted by molar-refractivity contribution is 0.471. The van der Waals surface area contributed by atoms with Crippen LogP contribution in [0.2, 0.25) is 0 Å². The largest absolute Gasteiger partial charge is 0.507 e. The molecule has 1 atom stereocenters. The molecule has 2 rings (SSSR count). The number of thiophene rings is 1. The molecule has 0 amide bonds. The molecule has 1 aromatic carbocycles. The second-order valence-electron chi connectivity index (χ2n) is 3.25. The first-order chi connectivity index (χ1) is 7.18. The van der Waals surface area contributed by atoms with Gasteiger partial charge in [-0.05, 0) is 56.0 Å². The Morgan fingerprint density at radius 1 is 1.25 bits per heavy atom. The van der Waals surface area contributed by atoms with Gasteiger partial charge in [-0.2, -0.15) is 11.3 Å². The number of benzene rings is 1. The van der Waals surface area contributed by atoms with E-state index in [1.54, 1.807) is 17.4 Å². The highest BCUT2D eigenvalue weighted by Gasteiger charge is 2.10. The Bertz CT molecular complexity index is 461. The highest BCUT2D eigenvalue weighted by atomic mass is 79.9. The molecule has 0 aliphatic carbocycles. The minimum Gasteiger partial charge on any atom is -0.507 e. The summed E-state index contributed by atoms with van der Waals surface area (Å²) in [6.07, 6.45) is 0. The van der Waals surface area contributed by atoms with Gasteiger partial charge >= 0.3 is 0 Å². The van der Waals surface area contributed by atoms with Crippen LogP contribution in [0.25, 0.3) is 0 Å². The monoisotopic (exact) mass is 319 g/mol. The molecule has 1 aromatic heterocycles. The van der Waals surface area contributed by atoms with Crippen LogP contribution in [-0.4, -0.2) is 5.11 Å². The molecule has 0 saturated carbocycles. The number of nitrogens with two attached hydrogens (primary N) is 1. The summed E-state index contributed by atoms with van der Waals surface area (Å²) in [7, 11) is 0. The smallest absolute Gasteiger partial charge is 0.129 e. The third kappa shape index (κ3) is 2.77. The van der Waals surface area contributed by atoms with Crippen molar-refractivity contribution in [2.45, 2.75) is 6.04 Å². The fraction of sp³-hybridized carbons (Fsp3) is 0.0909. The standard InChI is InChI=1S/C11H10BrNOS.ClH/c12-9-5-7(1-2-10(9)14)11(13)8-3-4-15-6-8;/h1-6,11,14H,13H2;1H/t11-;/m0./s1. The number of rotatable bonds is 2. The van der Waals surface area contributed by atoms with Crippen molar-refractivity contribution >= 4 is 39.7 Å². The molecular formula is C11H11BrClNOS. The Morgan fingerprint density at radius 2 is 2.00 bits per heavy atom. The molecule has 0 spiro atoms. The van der Waals surface area contributed by atoms with E-state index < -0.39 is 0 Å². The van der Waals surface area contributed by atoms with E-state index in [9.17, 15) is 5.11 Å². The third-order valence-electron chi connectivity index (χ3n) is 2.23. The minimum absolute atomic E-state index is 0. The van der Waals surface area contributed by atoms with Crippen LogP contribution in [0.4, 0.5) is 0 Å². The maximum atomic E-state index is 9.37. The maximum Gasteiger partial charge on any atom is 0.129 e. The number of hydrogen-bond donors (Lipinski definition) is 2. The van der Waals surface area contributed by atoms with Crippen molar-refractivity contribution in [3.8, 4) is 5.75 Å². The maximum absolute atomic E-state index is 9.37. The number of phenolic OH excluding ortho intramolecular Hbond substituents is 1. The Kier molecular flexibility index (Phi) is 4.80. The summed E-state index contributed by atoms with van der Waals surface area (Å²) >= 11 is 4.90. The number of aromatic hydroxyl groups is 1. The molecule has 0 aliphatic heterocycles. The molecule has 2 nitrogen and oxygen atoms in total. The number of halogens is 2. The van der Waals surface area contributed by atoms with E-state index in [0.29, 0.717) is 4.47 Å². The Morgan fingerprint density at radius 3 is 2.56 bits per heavy atom. The first-order valence-electron chi connectivity index (χ1n) is 4.44. The molecule has 5 heteroatoms. The van der Waals surface area contributed by atoms with Crippen LogP contribution in [0.3, 0.4) is 0 Å². The van der Waals surface area contributed by atoms with Crippen LogP contribution >= 0.6 is 39.7 Å². The van der Waals surface area contributed by atoms with Crippen molar-refractivity contribution in [2.24, 2.45) is 5.73 Å². The third-order valence-corrected chi connectivity index (χ3v) is 3.57. The molecule has 0 fully saturated rings. The van der Waals surface area contributed by atoms with Crippen LogP contribution in [-0.2, 0) is 0 Å². The highest BCUT2D eigenvalue weighted by Crippen LogP contribution is 2.29. The quantitative estimate of drug-likeness (QED) is 0.886. The molecule has 0 unspecified atom stereocenters. The van der Waals surface area contributed by atoms with E-state index in [4.69, 9.17) is 5.73 Å². The lowest BCUT2D eigenvalue weighted by Crippen LogP contribution is -2.10. The first kappa shape index (κ1) is 13.5. The summed E-state index contributed by atoms with van der Waals surface area (Å²) in [5, 5.41) is 13.4. The SMILES string of the molecule is Cl.N[C@H](c1ccsc1)c1ccc(O)c(Br)c1. The van der Waals surface area contributed by atoms with Gasteiger partial charge in [0, 0.05) is 0 Å². The molecule has 2 aromatic rings. The summed E-state index contributed by atoms with van der Waals surface area (Å²) in [6.45, 7) is 0. The topological polar surface area (TPSA) is 46.2 Å². The van der Waals surface area contributed by atoms with Crippen LogP contribution in [0.15, 0.2) is 39.5 Å². The molecular weight excluding hydrogens is 310 g/mol. The fourth-order valence-electron chi connectivity index (χ4n) is 1.36. The Labute approximate surface area is 113 Å². The van der Waals surface area contributed by atoms with Crippen LogP contribution in [0.1, 0.15) is 17.2 Å². The van der Waals surface area contributed by atoms with E-state index in [1.807, 2.05) is 29.0 Å². The van der Waals surface area contributed by atoms with Crippen LogP contribution < -0.4 is 5.73 Å². The zero-order chi connectivity index (χ0) is 10.8. The van der Waals surface area contributed by atoms with Gasteiger partial charge in [-0.15, -0.1) is 12.4 Å². The van der Waals surface area contributed by atoms with Gasteiger partial charge in [0.05, 0.1) is 10.5 Å². The van der Waals surface area contributed by atoms with Crippen molar-refractivity contribution in [3.05, 3.63) is 50.6 Å². The van der Waals surface area contributed by atoms with Crippen molar-refractivity contribution in [2.75, 3.05) is 0 Å².